The lowest BCUT2D eigenvalue weighted by Gasteiger charge is -2.46. The molecule has 9 heteroatoms. The van der Waals surface area contributed by atoms with E-state index >= 15 is 0 Å². The number of benzene rings is 1. The van der Waals surface area contributed by atoms with Crippen LogP contribution < -0.4 is 5.73 Å². The zero-order chi connectivity index (χ0) is 25.9. The molecule has 186 valence electrons. The van der Waals surface area contributed by atoms with Gasteiger partial charge in [-0.05, 0) is 54.5 Å². The SMILES string of the molecule is CCCc1cc(-c2ccccn2)c2c(c1O)C(O)=C1C(=O)[C@]3(O)C(O)=C(C(N)=O)C(=O)C[C@@H]3C[C@@H]1C2. The largest absolute Gasteiger partial charge is 0.508 e. The maximum Gasteiger partial charge on any atom is 0.255 e. The topological polar surface area (TPSA) is 171 Å². The third-order valence-corrected chi connectivity index (χ3v) is 7.60. The highest BCUT2D eigenvalue weighted by atomic mass is 16.3. The molecule has 1 saturated carbocycles. The monoisotopic (exact) mass is 490 g/mol. The van der Waals surface area contributed by atoms with Crippen LogP contribution in [0.5, 0.6) is 5.75 Å². The number of aromatic nitrogens is 1. The van der Waals surface area contributed by atoms with Crippen molar-refractivity contribution in [2.24, 2.45) is 17.6 Å². The van der Waals surface area contributed by atoms with Crippen molar-refractivity contribution in [2.45, 2.75) is 44.6 Å². The van der Waals surface area contributed by atoms with E-state index in [1.54, 1.807) is 12.3 Å². The second-order valence-electron chi connectivity index (χ2n) is 9.66. The van der Waals surface area contributed by atoms with Gasteiger partial charge in [0.2, 0.25) is 5.78 Å². The number of pyridine rings is 1. The van der Waals surface area contributed by atoms with Crippen LogP contribution in [-0.2, 0) is 27.2 Å². The van der Waals surface area contributed by atoms with Crippen LogP contribution in [0.1, 0.15) is 42.9 Å². The van der Waals surface area contributed by atoms with Crippen LogP contribution in [0.3, 0.4) is 0 Å². The minimum atomic E-state index is -2.57. The Morgan fingerprint density at radius 3 is 2.58 bits per heavy atom. The molecule has 0 aliphatic heterocycles. The van der Waals surface area contributed by atoms with E-state index in [0.717, 1.165) is 6.42 Å². The number of hydrogen-bond acceptors (Lipinski definition) is 8. The Hall–Kier alpha value is -3.98. The number of aliphatic hydroxyl groups is 3. The molecule has 1 aromatic heterocycles. The Balaban J connectivity index is 1.75. The van der Waals surface area contributed by atoms with E-state index in [-0.39, 0.29) is 36.1 Å². The minimum Gasteiger partial charge on any atom is -0.508 e. The molecule has 6 N–H and O–H groups in total. The summed E-state index contributed by atoms with van der Waals surface area (Å²) in [5, 5.41) is 44.6. The highest BCUT2D eigenvalue weighted by molar-refractivity contribution is 6.22. The molecule has 3 aliphatic rings. The molecular formula is C27H26N2O7. The number of Topliss-reactive ketones (excluding diaryl/α,β-unsaturated/α-hetero) is 2. The number of nitrogens with zero attached hydrogens (tertiary/aromatic N) is 1. The van der Waals surface area contributed by atoms with Crippen molar-refractivity contribution in [1.29, 1.82) is 0 Å². The van der Waals surface area contributed by atoms with Gasteiger partial charge in [-0.15, -0.1) is 0 Å². The summed E-state index contributed by atoms with van der Waals surface area (Å²) >= 11 is 0. The lowest BCUT2D eigenvalue weighted by atomic mass is 9.59. The van der Waals surface area contributed by atoms with Gasteiger partial charge in [0.1, 0.15) is 22.8 Å². The first kappa shape index (κ1) is 23.7. The van der Waals surface area contributed by atoms with Crippen molar-refractivity contribution in [3.63, 3.8) is 0 Å². The summed E-state index contributed by atoms with van der Waals surface area (Å²) in [6.07, 6.45) is 2.84. The molecule has 2 aromatic rings. The second-order valence-corrected chi connectivity index (χ2v) is 9.66. The third-order valence-electron chi connectivity index (χ3n) is 7.60. The average Bonchev–Trinajstić information content (AvgIpc) is 2.83. The van der Waals surface area contributed by atoms with Crippen molar-refractivity contribution in [3.8, 4) is 17.0 Å². The summed E-state index contributed by atoms with van der Waals surface area (Å²) in [5.74, 6) is -6.32. The van der Waals surface area contributed by atoms with Crippen LogP contribution in [0.15, 0.2) is 47.4 Å². The zero-order valence-corrected chi connectivity index (χ0v) is 19.6. The van der Waals surface area contributed by atoms with Gasteiger partial charge in [-0.1, -0.05) is 19.4 Å². The van der Waals surface area contributed by atoms with E-state index in [4.69, 9.17) is 5.73 Å². The fourth-order valence-corrected chi connectivity index (χ4v) is 5.96. The Morgan fingerprint density at radius 1 is 1.19 bits per heavy atom. The van der Waals surface area contributed by atoms with Gasteiger partial charge < -0.3 is 26.2 Å². The molecule has 5 rings (SSSR count). The summed E-state index contributed by atoms with van der Waals surface area (Å²) in [4.78, 5) is 42.4. The van der Waals surface area contributed by atoms with Gasteiger partial charge in [-0.25, -0.2) is 0 Å². The number of ketones is 2. The minimum absolute atomic E-state index is 0.0854. The summed E-state index contributed by atoms with van der Waals surface area (Å²) in [7, 11) is 0. The Morgan fingerprint density at radius 2 is 1.94 bits per heavy atom. The van der Waals surface area contributed by atoms with Crippen LogP contribution >= 0.6 is 0 Å². The molecular weight excluding hydrogens is 464 g/mol. The fourth-order valence-electron chi connectivity index (χ4n) is 5.96. The van der Waals surface area contributed by atoms with Gasteiger partial charge >= 0.3 is 0 Å². The fraction of sp³-hybridized carbons (Fsp3) is 0.333. The molecule has 0 unspecified atom stereocenters. The van der Waals surface area contributed by atoms with Gasteiger partial charge in [0, 0.05) is 29.7 Å². The summed E-state index contributed by atoms with van der Waals surface area (Å²) < 4.78 is 0. The normalized spacial score (nSPS) is 25.4. The first-order chi connectivity index (χ1) is 17.1. The van der Waals surface area contributed by atoms with Crippen LogP contribution in [0.4, 0.5) is 0 Å². The van der Waals surface area contributed by atoms with Crippen LogP contribution in [0, 0.1) is 11.8 Å². The quantitative estimate of drug-likeness (QED) is 0.407. The Kier molecular flexibility index (Phi) is 5.48. The van der Waals surface area contributed by atoms with E-state index in [1.807, 2.05) is 25.1 Å². The van der Waals surface area contributed by atoms with E-state index in [9.17, 15) is 34.8 Å². The highest BCUT2D eigenvalue weighted by Gasteiger charge is 2.60. The molecule has 0 bridgehead atoms. The molecule has 36 heavy (non-hydrogen) atoms. The Bertz CT molecular complexity index is 1390. The van der Waals surface area contributed by atoms with Crippen LogP contribution in [0.2, 0.25) is 0 Å². The Labute approximate surface area is 206 Å². The first-order valence-electron chi connectivity index (χ1n) is 11.9. The first-order valence-corrected chi connectivity index (χ1v) is 11.9. The highest BCUT2D eigenvalue weighted by Crippen LogP contribution is 2.53. The molecule has 1 fully saturated rings. The van der Waals surface area contributed by atoms with E-state index < -0.39 is 52.0 Å². The summed E-state index contributed by atoms with van der Waals surface area (Å²) in [6, 6.07) is 7.27. The lowest BCUT2D eigenvalue weighted by Crippen LogP contribution is -2.58. The number of rotatable bonds is 4. The second kappa shape index (κ2) is 8.30. The molecule has 0 radical (unpaired) electrons. The van der Waals surface area contributed by atoms with Crippen LogP contribution in [0.25, 0.3) is 17.0 Å². The number of carbonyl (C=O) groups is 3. The number of amides is 1. The van der Waals surface area contributed by atoms with Gasteiger partial charge in [0.05, 0.1) is 11.3 Å². The van der Waals surface area contributed by atoms with Crippen molar-refractivity contribution >= 4 is 23.2 Å². The average molecular weight is 491 g/mol. The third kappa shape index (κ3) is 3.19. The van der Waals surface area contributed by atoms with Gasteiger partial charge in [-0.2, -0.15) is 0 Å². The maximum atomic E-state index is 13.7. The molecule has 0 saturated heterocycles. The summed E-state index contributed by atoms with van der Waals surface area (Å²) in [5.41, 5.74) is 4.33. The smallest absolute Gasteiger partial charge is 0.255 e. The van der Waals surface area contributed by atoms with Crippen molar-refractivity contribution < 1.29 is 34.8 Å². The summed E-state index contributed by atoms with van der Waals surface area (Å²) in [6.45, 7) is 1.95. The van der Waals surface area contributed by atoms with Crippen molar-refractivity contribution in [2.75, 3.05) is 0 Å². The number of phenolic OH excluding ortho intramolecular Hbond substituents is 1. The molecule has 0 spiro atoms. The van der Waals surface area contributed by atoms with E-state index in [1.165, 1.54) is 0 Å². The number of primary amides is 1. The van der Waals surface area contributed by atoms with Gasteiger partial charge in [-0.3, -0.25) is 19.4 Å². The maximum absolute atomic E-state index is 13.7. The zero-order valence-electron chi connectivity index (χ0n) is 19.6. The number of aromatic hydroxyl groups is 1. The number of carbonyl (C=O) groups excluding carboxylic acids is 3. The van der Waals surface area contributed by atoms with Crippen molar-refractivity contribution in [3.05, 3.63) is 64.1 Å². The molecule has 9 nitrogen and oxygen atoms in total. The molecule has 1 aromatic carbocycles. The lowest BCUT2D eigenvalue weighted by molar-refractivity contribution is -0.147. The van der Waals surface area contributed by atoms with Crippen molar-refractivity contribution in [1.82, 2.24) is 4.98 Å². The number of aliphatic hydroxyl groups excluding tert-OH is 2. The predicted octanol–water partition coefficient (Wildman–Crippen LogP) is 2.44. The molecule has 3 aliphatic carbocycles. The number of phenols is 1. The predicted molar refractivity (Wildman–Crippen MR) is 129 cm³/mol. The van der Waals surface area contributed by atoms with Crippen LogP contribution in [-0.4, -0.2) is 48.5 Å². The molecule has 1 heterocycles. The number of aryl methyl sites for hydroxylation is 1. The van der Waals surface area contributed by atoms with E-state index in [2.05, 4.69) is 4.98 Å². The number of nitrogens with two attached hydrogens (primary N) is 1. The number of fused-ring (bicyclic) bond motifs is 3. The number of hydrogen-bond donors (Lipinski definition) is 5. The van der Waals surface area contributed by atoms with Gasteiger partial charge in [0.25, 0.3) is 5.91 Å². The molecule has 1 amide bonds. The van der Waals surface area contributed by atoms with Gasteiger partial charge in [0.15, 0.2) is 11.4 Å². The molecule has 3 atom stereocenters. The van der Waals surface area contributed by atoms with E-state index in [0.29, 0.717) is 28.8 Å². The standard InChI is InChI=1S/C27H26N2O7/c1-2-5-12-9-15(17-6-3-4-7-29-17)16-10-13-8-14-11-18(30)21(26(28)35)25(34)27(14,36)24(33)19(13)23(32)20(16)22(12)31/h3-4,6-7,9,13-14,31-32,34,36H,2,5,8,10-11H2,1H3,(H2,28,35)/t13-,14+,27+/m1/s1.